The molecule has 2 amide bonds. The predicted octanol–water partition coefficient (Wildman–Crippen LogP) is 5.66. The summed E-state index contributed by atoms with van der Waals surface area (Å²) in [7, 11) is 0. The number of hydrogen-bond donors (Lipinski definition) is 3. The van der Waals surface area contributed by atoms with Crippen LogP contribution in [-0.2, 0) is 4.79 Å². The van der Waals surface area contributed by atoms with E-state index >= 15 is 0 Å². The summed E-state index contributed by atoms with van der Waals surface area (Å²) in [4.78, 5) is 24.5. The second kappa shape index (κ2) is 11.8. The average molecular weight is 506 g/mol. The summed E-state index contributed by atoms with van der Waals surface area (Å²) in [6, 6.07) is 10.8. The van der Waals surface area contributed by atoms with Gasteiger partial charge < -0.3 is 15.4 Å². The molecule has 6 nitrogen and oxygen atoms in total. The average Bonchev–Trinajstić information content (AvgIpc) is 2.71. The topological polar surface area (TPSA) is 79.5 Å². The fourth-order valence-electron chi connectivity index (χ4n) is 2.62. The van der Waals surface area contributed by atoms with Crippen LogP contribution in [-0.4, -0.2) is 23.5 Å². The van der Waals surface area contributed by atoms with E-state index in [1.54, 1.807) is 25.1 Å². The van der Waals surface area contributed by atoms with Crippen molar-refractivity contribution >= 4 is 56.4 Å². The molecule has 0 heterocycles. The quantitative estimate of drug-likeness (QED) is 0.403. The van der Waals surface area contributed by atoms with E-state index in [0.29, 0.717) is 41.6 Å². The summed E-state index contributed by atoms with van der Waals surface area (Å²) in [5.41, 5.74) is 2.67. The van der Waals surface area contributed by atoms with Crippen molar-refractivity contribution in [2.45, 2.75) is 40.5 Å². The number of anilines is 2. The van der Waals surface area contributed by atoms with E-state index in [1.165, 1.54) is 0 Å². The van der Waals surface area contributed by atoms with E-state index < -0.39 is 0 Å². The number of carbonyl (C=O) groups excluding carboxylic acids is 2. The third-order valence-corrected chi connectivity index (χ3v) is 5.15. The van der Waals surface area contributed by atoms with Gasteiger partial charge in [0.15, 0.2) is 5.11 Å². The predicted molar refractivity (Wildman–Crippen MR) is 133 cm³/mol. The maximum atomic E-state index is 12.8. The molecule has 166 valence electrons. The number of thiocarbonyl (C=S) groups is 1. The first-order chi connectivity index (χ1) is 14.7. The monoisotopic (exact) mass is 505 g/mol. The van der Waals surface area contributed by atoms with Gasteiger partial charge in [-0.3, -0.25) is 14.9 Å². The van der Waals surface area contributed by atoms with Crippen LogP contribution in [0.2, 0.25) is 0 Å². The zero-order valence-electron chi connectivity index (χ0n) is 18.2. The van der Waals surface area contributed by atoms with Gasteiger partial charge in [-0.15, -0.1) is 0 Å². The van der Waals surface area contributed by atoms with Crippen LogP contribution >= 0.6 is 28.1 Å². The van der Waals surface area contributed by atoms with E-state index in [1.807, 2.05) is 25.1 Å². The minimum atomic E-state index is -0.370. The molecule has 2 aromatic carbocycles. The fraction of sp³-hybridized carbons (Fsp3) is 0.348. The molecular weight excluding hydrogens is 478 g/mol. The highest BCUT2D eigenvalue weighted by molar-refractivity contribution is 9.10. The number of nitrogens with one attached hydrogen (secondary N) is 3. The van der Waals surface area contributed by atoms with Crippen molar-refractivity contribution in [1.82, 2.24) is 5.32 Å². The van der Waals surface area contributed by atoms with Crippen molar-refractivity contribution in [3.8, 4) is 5.75 Å². The van der Waals surface area contributed by atoms with E-state index in [-0.39, 0.29) is 16.9 Å². The summed E-state index contributed by atoms with van der Waals surface area (Å²) in [6.45, 7) is 8.46. The smallest absolute Gasteiger partial charge is 0.261 e. The molecule has 2 aromatic rings. The van der Waals surface area contributed by atoms with Crippen LogP contribution in [0.25, 0.3) is 0 Å². The normalized spacial score (nSPS) is 10.5. The first-order valence-corrected chi connectivity index (χ1v) is 11.3. The number of benzene rings is 2. The van der Waals surface area contributed by atoms with Gasteiger partial charge >= 0.3 is 0 Å². The molecule has 0 spiro atoms. The first kappa shape index (κ1) is 24.8. The van der Waals surface area contributed by atoms with E-state index in [0.717, 1.165) is 16.5 Å². The Kier molecular flexibility index (Phi) is 9.45. The molecule has 0 radical (unpaired) electrons. The molecule has 3 N–H and O–H groups in total. The number of hydrogen-bond acceptors (Lipinski definition) is 4. The second-order valence-electron chi connectivity index (χ2n) is 7.51. The van der Waals surface area contributed by atoms with E-state index in [2.05, 4.69) is 45.7 Å². The Balaban J connectivity index is 2.07. The molecular formula is C23H28BrN3O3S. The summed E-state index contributed by atoms with van der Waals surface area (Å²) >= 11 is 8.71. The summed E-state index contributed by atoms with van der Waals surface area (Å²) in [5.74, 6) is 0.566. The lowest BCUT2D eigenvalue weighted by molar-refractivity contribution is -0.115. The molecule has 0 saturated heterocycles. The SMILES string of the molecule is CCC(=O)Nc1cc(NC(=S)NC(=O)c2cc(Br)ccc2OCCC(C)C)ccc1C. The zero-order valence-corrected chi connectivity index (χ0v) is 20.6. The third kappa shape index (κ3) is 7.95. The number of aryl methyl sites for hydroxylation is 1. The van der Waals surface area contributed by atoms with Gasteiger partial charge in [0.05, 0.1) is 12.2 Å². The highest BCUT2D eigenvalue weighted by Crippen LogP contribution is 2.24. The standard InChI is InChI=1S/C23H28BrN3O3S/c1-5-21(28)26-19-13-17(8-6-15(19)4)25-23(31)27-22(29)18-12-16(24)7-9-20(18)30-11-10-14(2)3/h6-9,12-14H,5,10-11H2,1-4H3,(H,26,28)(H2,25,27,29,31). The Bertz CT molecular complexity index is 963. The van der Waals surface area contributed by atoms with Crippen LogP contribution in [0.4, 0.5) is 11.4 Å². The summed E-state index contributed by atoms with van der Waals surface area (Å²) in [6.07, 6.45) is 1.28. The Morgan fingerprint density at radius 3 is 2.55 bits per heavy atom. The summed E-state index contributed by atoms with van der Waals surface area (Å²) in [5, 5.41) is 8.68. The lowest BCUT2D eigenvalue weighted by Crippen LogP contribution is -2.34. The van der Waals surface area contributed by atoms with Gasteiger partial charge in [0, 0.05) is 22.3 Å². The zero-order chi connectivity index (χ0) is 23.0. The van der Waals surface area contributed by atoms with Gasteiger partial charge in [-0.2, -0.15) is 0 Å². The van der Waals surface area contributed by atoms with Crippen molar-refractivity contribution < 1.29 is 14.3 Å². The highest BCUT2D eigenvalue weighted by Gasteiger charge is 2.15. The summed E-state index contributed by atoms with van der Waals surface area (Å²) < 4.78 is 6.58. The molecule has 0 unspecified atom stereocenters. The minimum absolute atomic E-state index is 0.0734. The maximum absolute atomic E-state index is 12.8. The maximum Gasteiger partial charge on any atom is 0.261 e. The molecule has 0 aromatic heterocycles. The van der Waals surface area contributed by atoms with Gasteiger partial charge in [0.2, 0.25) is 5.91 Å². The van der Waals surface area contributed by atoms with Crippen LogP contribution in [0.15, 0.2) is 40.9 Å². The van der Waals surface area contributed by atoms with Crippen LogP contribution in [0.3, 0.4) is 0 Å². The van der Waals surface area contributed by atoms with Crippen LogP contribution in [0.5, 0.6) is 5.75 Å². The fourth-order valence-corrected chi connectivity index (χ4v) is 3.19. The molecule has 8 heteroatoms. The third-order valence-electron chi connectivity index (χ3n) is 4.46. The van der Waals surface area contributed by atoms with Gasteiger partial charge in [-0.05, 0) is 67.4 Å². The molecule has 0 atom stereocenters. The number of rotatable bonds is 8. The number of ether oxygens (including phenoxy) is 1. The number of carbonyl (C=O) groups is 2. The van der Waals surface area contributed by atoms with E-state index in [9.17, 15) is 9.59 Å². The molecule has 31 heavy (non-hydrogen) atoms. The Morgan fingerprint density at radius 1 is 1.13 bits per heavy atom. The minimum Gasteiger partial charge on any atom is -0.493 e. The van der Waals surface area contributed by atoms with Gasteiger partial charge in [0.25, 0.3) is 5.91 Å². The van der Waals surface area contributed by atoms with E-state index in [4.69, 9.17) is 17.0 Å². The number of amides is 2. The van der Waals surface area contributed by atoms with Gasteiger partial charge in [0.1, 0.15) is 5.75 Å². The molecule has 0 aliphatic carbocycles. The van der Waals surface area contributed by atoms with Gasteiger partial charge in [-0.25, -0.2) is 0 Å². The van der Waals surface area contributed by atoms with Crippen molar-refractivity contribution in [2.24, 2.45) is 5.92 Å². The molecule has 2 rings (SSSR count). The molecule has 0 saturated carbocycles. The van der Waals surface area contributed by atoms with Gasteiger partial charge in [-0.1, -0.05) is 42.8 Å². The van der Waals surface area contributed by atoms with Crippen molar-refractivity contribution in [3.63, 3.8) is 0 Å². The number of halogens is 1. The van der Waals surface area contributed by atoms with Crippen molar-refractivity contribution in [2.75, 3.05) is 17.2 Å². The Morgan fingerprint density at radius 2 is 1.87 bits per heavy atom. The molecule has 0 aliphatic heterocycles. The molecule has 0 fully saturated rings. The molecule has 0 aliphatic rings. The van der Waals surface area contributed by atoms with Crippen molar-refractivity contribution in [3.05, 3.63) is 52.0 Å². The largest absolute Gasteiger partial charge is 0.493 e. The highest BCUT2D eigenvalue weighted by atomic mass is 79.9. The van der Waals surface area contributed by atoms with Crippen LogP contribution in [0.1, 0.15) is 49.5 Å². The van der Waals surface area contributed by atoms with Crippen molar-refractivity contribution in [1.29, 1.82) is 0 Å². The Labute approximate surface area is 197 Å². The second-order valence-corrected chi connectivity index (χ2v) is 8.84. The first-order valence-electron chi connectivity index (χ1n) is 10.1. The molecule has 0 bridgehead atoms. The lowest BCUT2D eigenvalue weighted by Gasteiger charge is -2.15. The lowest BCUT2D eigenvalue weighted by atomic mass is 10.1. The Hall–Kier alpha value is -2.45. The van der Waals surface area contributed by atoms with Crippen LogP contribution < -0.4 is 20.7 Å². The van der Waals surface area contributed by atoms with Crippen LogP contribution in [0, 0.1) is 12.8 Å².